The summed E-state index contributed by atoms with van der Waals surface area (Å²) < 4.78 is 0. The fourth-order valence-electron chi connectivity index (χ4n) is 2.77. The Morgan fingerprint density at radius 3 is 2.61 bits per heavy atom. The number of hydrogen-bond acceptors (Lipinski definition) is 2. The van der Waals surface area contributed by atoms with Crippen LogP contribution in [0.2, 0.25) is 0 Å². The van der Waals surface area contributed by atoms with E-state index in [0.29, 0.717) is 6.54 Å². The van der Waals surface area contributed by atoms with Gasteiger partial charge in [0.1, 0.15) is 0 Å². The van der Waals surface area contributed by atoms with Crippen LogP contribution >= 0.6 is 0 Å². The first-order valence-corrected chi connectivity index (χ1v) is 6.46. The van der Waals surface area contributed by atoms with E-state index in [-0.39, 0.29) is 17.5 Å². The molecule has 3 nitrogen and oxygen atoms in total. The average molecular weight is 246 g/mol. The van der Waals surface area contributed by atoms with Gasteiger partial charge in [0, 0.05) is 23.7 Å². The molecule has 1 aromatic rings. The number of carbonyl (C=O) groups is 1. The highest BCUT2D eigenvalue weighted by molar-refractivity contribution is 5.96. The van der Waals surface area contributed by atoms with Crippen molar-refractivity contribution in [1.82, 2.24) is 4.90 Å². The van der Waals surface area contributed by atoms with Crippen LogP contribution in [0.1, 0.15) is 41.8 Å². The summed E-state index contributed by atoms with van der Waals surface area (Å²) >= 11 is 0. The third-order valence-electron chi connectivity index (χ3n) is 3.78. The molecule has 1 amide bonds. The van der Waals surface area contributed by atoms with E-state index in [2.05, 4.69) is 13.8 Å². The molecule has 1 saturated heterocycles. The van der Waals surface area contributed by atoms with Gasteiger partial charge in [0.05, 0.1) is 0 Å². The maximum atomic E-state index is 12.7. The SMILES string of the molecule is Cc1ccc(C)c(C(=O)N2CC(N)CC2(C)C)c1. The molecule has 0 aromatic heterocycles. The molecule has 98 valence electrons. The van der Waals surface area contributed by atoms with Crippen LogP contribution in [0.3, 0.4) is 0 Å². The number of benzene rings is 1. The van der Waals surface area contributed by atoms with Crippen molar-refractivity contribution in [1.29, 1.82) is 0 Å². The van der Waals surface area contributed by atoms with Crippen molar-refractivity contribution in [2.75, 3.05) is 6.54 Å². The standard InChI is InChI=1S/C15H22N2O/c1-10-5-6-11(2)13(7-10)14(18)17-9-12(16)8-15(17,3)4/h5-7,12H,8-9,16H2,1-4H3. The lowest BCUT2D eigenvalue weighted by molar-refractivity contribution is 0.0650. The highest BCUT2D eigenvalue weighted by atomic mass is 16.2. The molecular formula is C15H22N2O. The Hall–Kier alpha value is -1.35. The molecule has 1 fully saturated rings. The summed E-state index contributed by atoms with van der Waals surface area (Å²) in [6.45, 7) is 8.82. The molecule has 0 radical (unpaired) electrons. The smallest absolute Gasteiger partial charge is 0.254 e. The monoisotopic (exact) mass is 246 g/mol. The van der Waals surface area contributed by atoms with Crippen LogP contribution in [0.5, 0.6) is 0 Å². The predicted molar refractivity (Wildman–Crippen MR) is 73.6 cm³/mol. The van der Waals surface area contributed by atoms with Gasteiger partial charge in [0.15, 0.2) is 0 Å². The van der Waals surface area contributed by atoms with Crippen LogP contribution < -0.4 is 5.73 Å². The molecule has 3 heteroatoms. The summed E-state index contributed by atoms with van der Waals surface area (Å²) in [5, 5.41) is 0. The Bertz CT molecular complexity index is 479. The van der Waals surface area contributed by atoms with E-state index in [1.165, 1.54) is 0 Å². The Labute approximate surface area is 109 Å². The third-order valence-corrected chi connectivity index (χ3v) is 3.78. The first-order chi connectivity index (χ1) is 8.31. The number of nitrogens with two attached hydrogens (primary N) is 1. The largest absolute Gasteiger partial charge is 0.332 e. The Balaban J connectivity index is 2.34. The second kappa shape index (κ2) is 4.39. The second-order valence-electron chi connectivity index (χ2n) is 6.01. The lowest BCUT2D eigenvalue weighted by Gasteiger charge is -2.32. The van der Waals surface area contributed by atoms with Gasteiger partial charge in [-0.15, -0.1) is 0 Å². The van der Waals surface area contributed by atoms with Crippen molar-refractivity contribution in [2.24, 2.45) is 5.73 Å². The van der Waals surface area contributed by atoms with Crippen LogP contribution in [0.15, 0.2) is 18.2 Å². The van der Waals surface area contributed by atoms with Crippen molar-refractivity contribution in [3.8, 4) is 0 Å². The highest BCUT2D eigenvalue weighted by Crippen LogP contribution is 2.30. The molecule has 2 rings (SSSR count). The molecule has 1 aliphatic rings. The van der Waals surface area contributed by atoms with Crippen LogP contribution in [-0.2, 0) is 0 Å². The Morgan fingerprint density at radius 1 is 1.39 bits per heavy atom. The number of nitrogens with zero attached hydrogens (tertiary/aromatic N) is 1. The normalized spacial score (nSPS) is 22.3. The number of aryl methyl sites for hydroxylation is 2. The van der Waals surface area contributed by atoms with Crippen molar-refractivity contribution >= 4 is 5.91 Å². The molecule has 1 unspecified atom stereocenters. The fourth-order valence-corrected chi connectivity index (χ4v) is 2.77. The van der Waals surface area contributed by atoms with Crippen LogP contribution in [-0.4, -0.2) is 28.9 Å². The van der Waals surface area contributed by atoms with E-state index in [9.17, 15) is 4.79 Å². The van der Waals surface area contributed by atoms with E-state index in [1.54, 1.807) is 0 Å². The summed E-state index contributed by atoms with van der Waals surface area (Å²) in [6, 6.07) is 6.10. The molecule has 0 bridgehead atoms. The second-order valence-corrected chi connectivity index (χ2v) is 6.01. The maximum absolute atomic E-state index is 12.7. The van der Waals surface area contributed by atoms with Gasteiger partial charge in [-0.25, -0.2) is 0 Å². The molecule has 2 N–H and O–H groups in total. The van der Waals surface area contributed by atoms with E-state index in [4.69, 9.17) is 5.73 Å². The number of amides is 1. The molecule has 1 aromatic carbocycles. The zero-order chi connectivity index (χ0) is 13.5. The number of rotatable bonds is 1. The van der Waals surface area contributed by atoms with Gasteiger partial charge in [-0.1, -0.05) is 17.7 Å². The fraction of sp³-hybridized carbons (Fsp3) is 0.533. The molecule has 1 atom stereocenters. The number of likely N-dealkylation sites (tertiary alicyclic amines) is 1. The van der Waals surface area contributed by atoms with E-state index >= 15 is 0 Å². The van der Waals surface area contributed by atoms with Crippen LogP contribution in [0, 0.1) is 13.8 Å². The lowest BCUT2D eigenvalue weighted by atomic mass is 9.98. The van der Waals surface area contributed by atoms with Gasteiger partial charge >= 0.3 is 0 Å². The van der Waals surface area contributed by atoms with Gasteiger partial charge in [-0.2, -0.15) is 0 Å². The van der Waals surface area contributed by atoms with Crippen molar-refractivity contribution in [3.05, 3.63) is 34.9 Å². The summed E-state index contributed by atoms with van der Waals surface area (Å²) in [5.41, 5.74) is 8.79. The zero-order valence-corrected chi connectivity index (χ0v) is 11.7. The van der Waals surface area contributed by atoms with E-state index < -0.39 is 0 Å². The molecule has 0 aliphatic carbocycles. The number of hydrogen-bond donors (Lipinski definition) is 1. The van der Waals surface area contributed by atoms with E-state index in [0.717, 1.165) is 23.1 Å². The topological polar surface area (TPSA) is 46.3 Å². The van der Waals surface area contributed by atoms with Gasteiger partial charge in [-0.05, 0) is 45.7 Å². The van der Waals surface area contributed by atoms with Crippen molar-refractivity contribution in [2.45, 2.75) is 45.7 Å². The van der Waals surface area contributed by atoms with Gasteiger partial charge in [0.2, 0.25) is 0 Å². The molecular weight excluding hydrogens is 224 g/mol. The molecule has 18 heavy (non-hydrogen) atoms. The van der Waals surface area contributed by atoms with Crippen molar-refractivity contribution in [3.63, 3.8) is 0 Å². The van der Waals surface area contributed by atoms with Crippen molar-refractivity contribution < 1.29 is 4.79 Å². The molecule has 1 heterocycles. The highest BCUT2D eigenvalue weighted by Gasteiger charge is 2.40. The quantitative estimate of drug-likeness (QED) is 0.826. The Kier molecular flexibility index (Phi) is 3.20. The first-order valence-electron chi connectivity index (χ1n) is 6.46. The number of carbonyl (C=O) groups excluding carboxylic acids is 1. The zero-order valence-electron chi connectivity index (χ0n) is 11.7. The minimum atomic E-state index is -0.146. The first kappa shape index (κ1) is 13.1. The van der Waals surface area contributed by atoms with Gasteiger partial charge < -0.3 is 10.6 Å². The molecule has 1 aliphatic heterocycles. The minimum absolute atomic E-state index is 0.0917. The van der Waals surface area contributed by atoms with Gasteiger partial charge in [-0.3, -0.25) is 4.79 Å². The van der Waals surface area contributed by atoms with Crippen LogP contribution in [0.25, 0.3) is 0 Å². The van der Waals surface area contributed by atoms with E-state index in [1.807, 2.05) is 36.9 Å². The average Bonchev–Trinajstić information content (AvgIpc) is 2.54. The van der Waals surface area contributed by atoms with Gasteiger partial charge in [0.25, 0.3) is 5.91 Å². The van der Waals surface area contributed by atoms with Crippen LogP contribution in [0.4, 0.5) is 0 Å². The molecule has 0 saturated carbocycles. The summed E-state index contributed by atoms with van der Waals surface area (Å²) in [5.74, 6) is 0.106. The summed E-state index contributed by atoms with van der Waals surface area (Å²) in [7, 11) is 0. The summed E-state index contributed by atoms with van der Waals surface area (Å²) in [6.07, 6.45) is 0.865. The minimum Gasteiger partial charge on any atom is -0.332 e. The molecule has 0 spiro atoms. The Morgan fingerprint density at radius 2 is 2.06 bits per heavy atom. The third kappa shape index (κ3) is 2.27. The predicted octanol–water partition coefficient (Wildman–Crippen LogP) is 2.26. The summed E-state index contributed by atoms with van der Waals surface area (Å²) in [4.78, 5) is 14.6. The lowest BCUT2D eigenvalue weighted by Crippen LogP contribution is -2.43. The maximum Gasteiger partial charge on any atom is 0.254 e.